The van der Waals surface area contributed by atoms with Crippen LogP contribution in [-0.4, -0.2) is 12.2 Å². The van der Waals surface area contributed by atoms with Crippen LogP contribution in [0.25, 0.3) is 0 Å². The van der Waals surface area contributed by atoms with Gasteiger partial charge in [-0.25, -0.2) is 14.4 Å². The molecular weight excluding hydrogens is 293 g/mol. The number of aromatic nitrogens is 3. The second-order valence-corrected chi connectivity index (χ2v) is 3.00. The monoisotopic (exact) mass is 293 g/mol. The van der Waals surface area contributed by atoms with Gasteiger partial charge in [-0.3, -0.25) is 4.98 Å². The number of hydrogen-bond donors (Lipinski definition) is 1. The van der Waals surface area contributed by atoms with Crippen molar-refractivity contribution in [2.45, 2.75) is 0 Å². The minimum atomic E-state index is -0.810. The number of rotatable bonds is 0. The molecule has 1 N–H and O–H groups in total. The molecule has 0 saturated carbocycles. The molecule has 0 aliphatic heterocycles. The van der Waals surface area contributed by atoms with E-state index < -0.39 is 17.1 Å². The van der Waals surface area contributed by atoms with Gasteiger partial charge in [-0.05, 0) is 0 Å². The first-order valence-electron chi connectivity index (χ1n) is 2.34. The maximum absolute atomic E-state index is 10.8. The van der Waals surface area contributed by atoms with E-state index in [0.29, 0.717) is 7.19 Å². The third-order valence-electron chi connectivity index (χ3n) is 0.906. The number of halogens is 2. The average Bonchev–Trinajstić information content (AvgIpc) is 1.97. The average molecular weight is 295 g/mol. The molecule has 0 saturated heterocycles. The molecule has 0 atom stereocenters. The van der Waals surface area contributed by atoms with Crippen LogP contribution in [-0.2, 0) is 0 Å². The fourth-order valence-electron chi connectivity index (χ4n) is 0.440. The normalized spacial score (nSPS) is 9.17. The molecule has 12 heavy (non-hydrogen) atoms. The van der Waals surface area contributed by atoms with Gasteiger partial charge in [0, 0.05) is 0 Å². The van der Waals surface area contributed by atoms with Crippen LogP contribution in [0.4, 0.5) is 0 Å². The number of aromatic amines is 1. The molecule has 0 spiro atoms. The summed E-state index contributed by atoms with van der Waals surface area (Å²) in [4.78, 5) is 34.0. The van der Waals surface area contributed by atoms with Gasteiger partial charge in [0.25, 0.3) is 0 Å². The van der Waals surface area contributed by atoms with E-state index in [1.165, 1.54) is 0 Å². The number of hydrogen-bond acceptors (Lipinski definition) is 3. The molecule has 62 valence electrons. The Morgan fingerprint density at radius 1 is 1.08 bits per heavy atom. The van der Waals surface area contributed by atoms with Crippen molar-refractivity contribution in [1.29, 1.82) is 0 Å². The Morgan fingerprint density at radius 3 is 1.75 bits per heavy atom. The van der Waals surface area contributed by atoms with E-state index in [0.717, 1.165) is 0 Å². The summed E-state index contributed by atoms with van der Waals surface area (Å²) in [6.45, 7) is 0. The first-order valence-corrected chi connectivity index (χ1v) is 3.76. The van der Waals surface area contributed by atoms with E-state index in [1.54, 1.807) is 0 Å². The molecule has 1 heterocycles. The second-order valence-electron chi connectivity index (χ2n) is 1.58. The molecule has 0 aliphatic rings. The Hall–Kier alpha value is -0.0326. The topological polar surface area (TPSA) is 76.9 Å². The van der Waals surface area contributed by atoms with Crippen LogP contribution in [0.15, 0.2) is 14.4 Å². The summed E-state index contributed by atoms with van der Waals surface area (Å²) in [5.74, 6) is 0. The first-order chi connectivity index (χ1) is 5.04. The van der Waals surface area contributed by atoms with Gasteiger partial charge in [0.15, 0.2) is 0 Å². The van der Waals surface area contributed by atoms with Gasteiger partial charge in [-0.15, -0.1) is 0 Å². The van der Waals surface area contributed by atoms with Gasteiger partial charge in [0.2, 0.25) is 0 Å². The Kier molecular flexibility index (Phi) is 4.26. The number of nitrogens with zero attached hydrogens (tertiary/aromatic N) is 2. The van der Waals surface area contributed by atoms with Gasteiger partial charge in [0.05, 0.1) is 32.3 Å². The van der Waals surface area contributed by atoms with Gasteiger partial charge >= 0.3 is 35.9 Å². The maximum atomic E-state index is 10.8. The summed E-state index contributed by atoms with van der Waals surface area (Å²) < 4.78 is 1.17. The molecule has 0 fully saturated rings. The van der Waals surface area contributed by atoms with Crippen molar-refractivity contribution < 1.29 is 20.3 Å². The van der Waals surface area contributed by atoms with E-state index in [9.17, 15) is 14.4 Å². The van der Waals surface area contributed by atoms with E-state index in [-0.39, 0.29) is 20.3 Å². The number of H-pyrrole nitrogens is 1. The van der Waals surface area contributed by atoms with Crippen LogP contribution in [0.5, 0.6) is 0 Å². The fourth-order valence-corrected chi connectivity index (χ4v) is 1.15. The van der Waals surface area contributed by atoms with E-state index in [1.807, 2.05) is 4.98 Å². The van der Waals surface area contributed by atoms with Crippen molar-refractivity contribution >= 4 is 32.3 Å². The van der Waals surface area contributed by atoms with Gasteiger partial charge in [-0.2, -0.15) is 7.19 Å². The SMILES string of the molecule is O=c1[nH]c(=O)n(Br)c(=O)n1Br.[H-].[Li+]. The Labute approximate surface area is 95.9 Å². The standard InChI is InChI=1S/C3HBr2N3O3.Li.H/c4-7-1(9)6-2(10)8(5)3(7)11;;/h(H,6,9,10);;/q;+1;-1. The summed E-state index contributed by atoms with van der Waals surface area (Å²) in [5, 5.41) is 0. The third kappa shape index (κ3) is 2.01. The fraction of sp³-hybridized carbons (Fsp3) is 0. The van der Waals surface area contributed by atoms with Gasteiger partial charge < -0.3 is 1.43 Å². The summed E-state index contributed by atoms with van der Waals surface area (Å²) >= 11 is 5.27. The minimum Gasteiger partial charge on any atom is -1.00 e. The molecular formula is C3H2Br2LiN3O3. The molecule has 6 nitrogen and oxygen atoms in total. The van der Waals surface area contributed by atoms with Crippen LogP contribution >= 0.6 is 32.3 Å². The minimum absolute atomic E-state index is 0. The zero-order valence-corrected chi connectivity index (χ0v) is 9.05. The van der Waals surface area contributed by atoms with Crippen LogP contribution < -0.4 is 35.9 Å². The molecule has 1 rings (SSSR count). The van der Waals surface area contributed by atoms with Crippen LogP contribution in [0.2, 0.25) is 0 Å². The van der Waals surface area contributed by atoms with E-state index >= 15 is 0 Å². The van der Waals surface area contributed by atoms with Crippen molar-refractivity contribution in [3.05, 3.63) is 31.5 Å². The first kappa shape index (κ1) is 12.0. The quantitative estimate of drug-likeness (QED) is 0.498. The maximum Gasteiger partial charge on any atom is 1.00 e. The molecule has 1 aromatic rings. The van der Waals surface area contributed by atoms with Crippen molar-refractivity contribution in [2.24, 2.45) is 0 Å². The molecule has 0 aromatic carbocycles. The third-order valence-corrected chi connectivity index (χ3v) is 2.16. The Morgan fingerprint density at radius 2 is 1.42 bits per heavy atom. The smallest absolute Gasteiger partial charge is 1.00 e. The van der Waals surface area contributed by atoms with Crippen LogP contribution in [0, 0.1) is 0 Å². The second kappa shape index (κ2) is 4.27. The summed E-state index contributed by atoms with van der Waals surface area (Å²) in [5.41, 5.74) is -2.41. The zero-order chi connectivity index (χ0) is 8.59. The molecule has 0 unspecified atom stereocenters. The van der Waals surface area contributed by atoms with E-state index in [2.05, 4.69) is 32.3 Å². The molecule has 0 radical (unpaired) electrons. The summed E-state index contributed by atoms with van der Waals surface area (Å²) in [7, 11) is 0. The van der Waals surface area contributed by atoms with Gasteiger partial charge in [-0.1, -0.05) is 0 Å². The number of nitrogens with one attached hydrogen (secondary N) is 1. The van der Waals surface area contributed by atoms with E-state index in [4.69, 9.17) is 0 Å². The van der Waals surface area contributed by atoms with Crippen LogP contribution in [0.3, 0.4) is 0 Å². The van der Waals surface area contributed by atoms with Crippen molar-refractivity contribution in [2.75, 3.05) is 0 Å². The predicted molar refractivity (Wildman–Crippen MR) is 45.3 cm³/mol. The summed E-state index contributed by atoms with van der Waals surface area (Å²) in [6, 6.07) is 0. The van der Waals surface area contributed by atoms with Crippen LogP contribution in [0.1, 0.15) is 1.43 Å². The molecule has 0 aliphatic carbocycles. The molecule has 0 amide bonds. The molecule has 9 heteroatoms. The molecule has 1 aromatic heterocycles. The zero-order valence-electron chi connectivity index (χ0n) is 6.88. The Bertz CT molecular complexity index is 413. The largest absolute Gasteiger partial charge is 1.00 e. The summed E-state index contributed by atoms with van der Waals surface area (Å²) in [6.07, 6.45) is 0. The predicted octanol–water partition coefficient (Wildman–Crippen LogP) is -3.87. The van der Waals surface area contributed by atoms with Gasteiger partial charge in [0.1, 0.15) is 0 Å². The van der Waals surface area contributed by atoms with Crippen molar-refractivity contribution in [3.63, 3.8) is 0 Å². The van der Waals surface area contributed by atoms with Crippen molar-refractivity contribution in [3.8, 4) is 0 Å². The van der Waals surface area contributed by atoms with Crippen molar-refractivity contribution in [1.82, 2.24) is 12.2 Å². The molecule has 0 bridgehead atoms. The Balaban J connectivity index is 0.